The van der Waals surface area contributed by atoms with Gasteiger partial charge in [0, 0.05) is 19.1 Å². The maximum Gasteiger partial charge on any atom is 0.417 e. The van der Waals surface area contributed by atoms with Crippen LogP contribution in [-0.4, -0.2) is 36.4 Å². The molecule has 1 aromatic heterocycles. The van der Waals surface area contributed by atoms with Gasteiger partial charge in [-0.1, -0.05) is 17.3 Å². The first-order chi connectivity index (χ1) is 12.6. The van der Waals surface area contributed by atoms with Gasteiger partial charge < -0.3 is 25.2 Å². The summed E-state index contributed by atoms with van der Waals surface area (Å²) in [4.78, 5) is 16.8. The summed E-state index contributed by atoms with van der Waals surface area (Å²) in [5, 5.41) is 7.01. The molecular weight excluding hydrogens is 334 g/mol. The summed E-state index contributed by atoms with van der Waals surface area (Å²) < 4.78 is 10.8. The number of hydrogen-bond acceptors (Lipinski definition) is 7. The van der Waals surface area contributed by atoms with Crippen molar-refractivity contribution >= 4 is 23.3 Å². The molecule has 5 atom stereocenters. The average Bonchev–Trinajstić information content (AvgIpc) is 3.04. The summed E-state index contributed by atoms with van der Waals surface area (Å²) in [6, 6.07) is 8.10. The number of carbonyl (C=O) groups is 1. The summed E-state index contributed by atoms with van der Waals surface area (Å²) in [6.45, 7) is 3.86. The molecule has 1 spiro atoms. The van der Waals surface area contributed by atoms with Gasteiger partial charge in [0.15, 0.2) is 5.82 Å². The molecule has 3 N–H and O–H groups in total. The lowest BCUT2D eigenvalue weighted by Crippen LogP contribution is -2.53. The molecule has 6 rings (SSSR count). The maximum absolute atomic E-state index is 12.8. The first-order valence-corrected chi connectivity index (χ1v) is 8.95. The predicted octanol–water partition coefficient (Wildman–Crippen LogP) is 1.69. The Morgan fingerprint density at radius 2 is 2.00 bits per heavy atom. The van der Waals surface area contributed by atoms with E-state index in [1.54, 1.807) is 11.2 Å². The van der Waals surface area contributed by atoms with Crippen LogP contribution in [0.5, 0.6) is 0 Å². The Kier molecular flexibility index (Phi) is 2.50. The lowest BCUT2D eigenvalue weighted by atomic mass is 9.91. The smallest absolute Gasteiger partial charge is 0.416 e. The van der Waals surface area contributed by atoms with Gasteiger partial charge in [0.05, 0.1) is 11.4 Å². The van der Waals surface area contributed by atoms with E-state index < -0.39 is 5.72 Å². The van der Waals surface area contributed by atoms with Gasteiger partial charge in [-0.05, 0) is 30.9 Å². The lowest BCUT2D eigenvalue weighted by molar-refractivity contribution is 0.0490. The third kappa shape index (κ3) is 1.58. The zero-order chi connectivity index (χ0) is 17.6. The van der Waals surface area contributed by atoms with Gasteiger partial charge in [0.25, 0.3) is 0 Å². The van der Waals surface area contributed by atoms with Crippen LogP contribution in [-0.2, 0) is 10.5 Å². The molecule has 8 heteroatoms. The number of benzene rings is 1. The Bertz CT molecular complexity index is 917. The van der Waals surface area contributed by atoms with Crippen LogP contribution in [0.4, 0.5) is 22.0 Å². The largest absolute Gasteiger partial charge is 0.417 e. The van der Waals surface area contributed by atoms with Crippen LogP contribution >= 0.6 is 0 Å². The van der Waals surface area contributed by atoms with E-state index in [-0.39, 0.29) is 12.1 Å². The van der Waals surface area contributed by atoms with E-state index in [2.05, 4.69) is 21.4 Å². The number of ether oxygens (including phenoxy) is 1. The Morgan fingerprint density at radius 3 is 2.73 bits per heavy atom. The van der Waals surface area contributed by atoms with Crippen molar-refractivity contribution in [3.8, 4) is 0 Å². The highest BCUT2D eigenvalue weighted by molar-refractivity contribution is 5.96. The minimum Gasteiger partial charge on any atom is -0.416 e. The number of nitrogens with one attached hydrogen (secondary N) is 1. The molecule has 1 saturated carbocycles. The fourth-order valence-corrected chi connectivity index (χ4v) is 4.80. The minimum absolute atomic E-state index is 0.234. The van der Waals surface area contributed by atoms with Gasteiger partial charge in [-0.3, -0.25) is 4.90 Å². The highest BCUT2D eigenvalue weighted by Crippen LogP contribution is 2.52. The van der Waals surface area contributed by atoms with Crippen LogP contribution in [0.2, 0.25) is 0 Å². The molecule has 0 bridgehead atoms. The van der Waals surface area contributed by atoms with E-state index in [1.165, 1.54) is 0 Å². The van der Waals surface area contributed by atoms with E-state index >= 15 is 0 Å². The predicted molar refractivity (Wildman–Crippen MR) is 93.8 cm³/mol. The average molecular weight is 353 g/mol. The second-order valence-electron chi connectivity index (χ2n) is 7.65. The van der Waals surface area contributed by atoms with Crippen LogP contribution in [0.25, 0.3) is 0 Å². The Labute approximate surface area is 149 Å². The number of fused-ring (bicyclic) bond motifs is 3. The standard InChI is InChI=1S/C18H19N5O3/c1-9-18(12-8-25-21-16(12)20-18)26-17(24)23(9)14-5-3-2-4-13(14)22-6-10-11(7-22)15(10)19/h2-5,8-11,15H,6-7,19H2,1H3,(H,20,21)/t9-,10+,11?,15?,18-/m1/s1. The van der Waals surface area contributed by atoms with Gasteiger partial charge >= 0.3 is 6.09 Å². The van der Waals surface area contributed by atoms with Crippen molar-refractivity contribution in [2.75, 3.05) is 28.2 Å². The van der Waals surface area contributed by atoms with Crippen LogP contribution in [0.3, 0.4) is 0 Å². The number of nitrogens with zero attached hydrogens (tertiary/aromatic N) is 3. The molecule has 2 unspecified atom stereocenters. The van der Waals surface area contributed by atoms with Crippen LogP contribution in [0.1, 0.15) is 12.5 Å². The molecule has 1 amide bonds. The molecule has 134 valence electrons. The van der Waals surface area contributed by atoms with E-state index in [0.717, 1.165) is 30.0 Å². The van der Waals surface area contributed by atoms with Crippen LogP contribution in [0, 0.1) is 11.8 Å². The third-order valence-electron chi connectivity index (χ3n) is 6.44. The number of aromatic nitrogens is 1. The molecule has 4 aliphatic rings. The molecule has 8 nitrogen and oxygen atoms in total. The van der Waals surface area contributed by atoms with E-state index in [1.807, 2.05) is 25.1 Å². The number of para-hydroxylation sites is 2. The molecule has 2 aromatic rings. The van der Waals surface area contributed by atoms with Crippen molar-refractivity contribution in [1.82, 2.24) is 5.16 Å². The molecule has 2 saturated heterocycles. The van der Waals surface area contributed by atoms with Crippen LogP contribution in [0.15, 0.2) is 35.1 Å². The van der Waals surface area contributed by atoms with Crippen molar-refractivity contribution in [1.29, 1.82) is 0 Å². The number of carbonyl (C=O) groups excluding carboxylic acids is 1. The minimum atomic E-state index is -0.894. The van der Waals surface area contributed by atoms with Crippen molar-refractivity contribution in [2.24, 2.45) is 17.6 Å². The Hall–Kier alpha value is -2.74. The second kappa shape index (κ2) is 4.50. The van der Waals surface area contributed by atoms with E-state index in [4.69, 9.17) is 15.0 Å². The van der Waals surface area contributed by atoms with Crippen molar-refractivity contribution < 1.29 is 14.1 Å². The van der Waals surface area contributed by atoms with E-state index in [9.17, 15) is 4.79 Å². The summed E-state index contributed by atoms with van der Waals surface area (Å²) in [5.41, 5.74) is 7.89. The normalized spacial score (nSPS) is 36.5. The van der Waals surface area contributed by atoms with Gasteiger partial charge in [0.1, 0.15) is 17.9 Å². The van der Waals surface area contributed by atoms with Gasteiger partial charge in [-0.25, -0.2) is 4.79 Å². The van der Waals surface area contributed by atoms with E-state index in [0.29, 0.717) is 23.7 Å². The number of anilines is 3. The van der Waals surface area contributed by atoms with Crippen molar-refractivity contribution in [2.45, 2.75) is 24.7 Å². The monoisotopic (exact) mass is 353 g/mol. The second-order valence-corrected chi connectivity index (χ2v) is 7.65. The summed E-state index contributed by atoms with van der Waals surface area (Å²) in [6.07, 6.45) is 1.17. The number of rotatable bonds is 2. The fraction of sp³-hybridized carbons (Fsp3) is 0.444. The zero-order valence-corrected chi connectivity index (χ0v) is 14.3. The molecule has 1 aromatic carbocycles. The van der Waals surface area contributed by atoms with Crippen molar-refractivity contribution in [3.05, 3.63) is 36.1 Å². The molecule has 26 heavy (non-hydrogen) atoms. The topological polar surface area (TPSA) is 96.9 Å². The van der Waals surface area contributed by atoms with Gasteiger partial charge in [0.2, 0.25) is 5.72 Å². The number of hydrogen-bond donors (Lipinski definition) is 2. The zero-order valence-electron chi connectivity index (χ0n) is 14.3. The van der Waals surface area contributed by atoms with Crippen LogP contribution < -0.4 is 20.9 Å². The fourth-order valence-electron chi connectivity index (χ4n) is 4.80. The summed E-state index contributed by atoms with van der Waals surface area (Å²) >= 11 is 0. The summed E-state index contributed by atoms with van der Waals surface area (Å²) in [7, 11) is 0. The Morgan fingerprint density at radius 1 is 1.27 bits per heavy atom. The maximum atomic E-state index is 12.8. The van der Waals surface area contributed by atoms with Crippen molar-refractivity contribution in [3.63, 3.8) is 0 Å². The third-order valence-corrected chi connectivity index (χ3v) is 6.44. The summed E-state index contributed by atoms with van der Waals surface area (Å²) in [5.74, 6) is 1.78. The lowest BCUT2D eigenvalue weighted by Gasteiger charge is -2.39. The highest BCUT2D eigenvalue weighted by Gasteiger charge is 2.62. The van der Waals surface area contributed by atoms with Gasteiger partial charge in [-0.2, -0.15) is 0 Å². The molecule has 1 aliphatic carbocycles. The quantitative estimate of drug-likeness (QED) is 0.848. The number of amides is 1. The molecule has 0 radical (unpaired) electrons. The molecule has 3 fully saturated rings. The first-order valence-electron chi connectivity index (χ1n) is 8.95. The number of nitrogens with two attached hydrogens (primary N) is 1. The van der Waals surface area contributed by atoms with Gasteiger partial charge in [-0.15, -0.1) is 0 Å². The molecule has 4 heterocycles. The highest BCUT2D eigenvalue weighted by atomic mass is 16.6. The Balaban J connectivity index is 1.37. The SMILES string of the molecule is C[C@H]1N(c2ccccc2N2CC3C(N)[C@H]3C2)C(=O)O[C@]12Nc1nocc12. The first kappa shape index (κ1) is 14.4. The number of piperidine rings is 1. The molecule has 3 aliphatic heterocycles. The molecular formula is C18H19N5O3.